The van der Waals surface area contributed by atoms with E-state index in [2.05, 4.69) is 33.7 Å². The molecule has 0 bridgehead atoms. The van der Waals surface area contributed by atoms with Gasteiger partial charge in [-0.3, -0.25) is 0 Å². The van der Waals surface area contributed by atoms with Crippen LogP contribution in [0.4, 0.5) is 11.9 Å². The van der Waals surface area contributed by atoms with Crippen molar-refractivity contribution < 1.29 is 0 Å². The van der Waals surface area contributed by atoms with E-state index in [1.165, 1.54) is 0 Å². The highest BCUT2D eigenvalue weighted by Gasteiger charge is 2.09. The largest absolute Gasteiger partial charge is 0.347 e. The molecule has 0 amide bonds. The molecule has 84 valence electrons. The van der Waals surface area contributed by atoms with Crippen LogP contribution < -0.4 is 9.80 Å². The minimum absolute atomic E-state index is 0.712. The molecule has 0 spiro atoms. The number of hydrogen-bond donors (Lipinski definition) is 0. The zero-order valence-electron chi connectivity index (χ0n) is 10.2. The molecule has 5 nitrogen and oxygen atoms in total. The number of nitrogens with zero attached hydrogens (tertiary/aromatic N) is 5. The summed E-state index contributed by atoms with van der Waals surface area (Å²) >= 11 is 0. The molecule has 1 aromatic heterocycles. The average Bonchev–Trinajstić information content (AvgIpc) is 2.18. The van der Waals surface area contributed by atoms with Crippen LogP contribution in [0.3, 0.4) is 0 Å². The fraction of sp³-hybridized carbons (Fsp3) is 0.700. The fourth-order valence-corrected chi connectivity index (χ4v) is 1.30. The van der Waals surface area contributed by atoms with Gasteiger partial charge in [0.15, 0.2) is 0 Å². The molecule has 1 heterocycles. The quantitative estimate of drug-likeness (QED) is 0.743. The number of aromatic nitrogens is 3. The van der Waals surface area contributed by atoms with Crippen molar-refractivity contribution in [3.05, 3.63) is 5.82 Å². The highest BCUT2D eigenvalue weighted by molar-refractivity contribution is 5.37. The summed E-state index contributed by atoms with van der Waals surface area (Å²) in [6.45, 7) is 7.90. The highest BCUT2D eigenvalue weighted by atomic mass is 15.3. The van der Waals surface area contributed by atoms with Gasteiger partial charge >= 0.3 is 0 Å². The van der Waals surface area contributed by atoms with E-state index < -0.39 is 0 Å². The van der Waals surface area contributed by atoms with Gasteiger partial charge in [0.25, 0.3) is 0 Å². The van der Waals surface area contributed by atoms with Crippen LogP contribution in [0.15, 0.2) is 0 Å². The molecule has 1 aromatic rings. The molecule has 1 rings (SSSR count). The lowest BCUT2D eigenvalue weighted by atomic mass is 10.5. The van der Waals surface area contributed by atoms with E-state index in [1.54, 1.807) is 0 Å². The Hall–Kier alpha value is -1.39. The van der Waals surface area contributed by atoms with Crippen molar-refractivity contribution in [3.63, 3.8) is 0 Å². The Balaban J connectivity index is 3.07. The van der Waals surface area contributed by atoms with Gasteiger partial charge < -0.3 is 9.80 Å². The van der Waals surface area contributed by atoms with Gasteiger partial charge in [-0.05, 0) is 20.8 Å². The van der Waals surface area contributed by atoms with E-state index in [-0.39, 0.29) is 0 Å². The summed E-state index contributed by atoms with van der Waals surface area (Å²) in [4.78, 5) is 17.0. The summed E-state index contributed by atoms with van der Waals surface area (Å²) in [6.07, 6.45) is 0. The molecule has 0 radical (unpaired) electrons. The predicted molar refractivity (Wildman–Crippen MR) is 62.5 cm³/mol. The number of rotatable bonds is 4. The molecule has 0 unspecified atom stereocenters. The van der Waals surface area contributed by atoms with Crippen LogP contribution in [-0.2, 0) is 0 Å². The zero-order chi connectivity index (χ0) is 11.4. The summed E-state index contributed by atoms with van der Waals surface area (Å²) in [5.74, 6) is 2.23. The Kier molecular flexibility index (Phi) is 3.82. The minimum atomic E-state index is 0.712. The monoisotopic (exact) mass is 209 g/mol. The van der Waals surface area contributed by atoms with Crippen molar-refractivity contribution in [1.82, 2.24) is 15.0 Å². The molecular weight excluding hydrogens is 190 g/mol. The van der Waals surface area contributed by atoms with Gasteiger partial charge in [-0.1, -0.05) is 0 Å². The maximum Gasteiger partial charge on any atom is 0.230 e. The Morgan fingerprint density at radius 1 is 0.933 bits per heavy atom. The standard InChI is InChI=1S/C10H19N5/c1-6-15(7-2)10-12-8(3)11-9(13-10)14(4)5/h6-7H2,1-5H3. The second kappa shape index (κ2) is 4.91. The van der Waals surface area contributed by atoms with Gasteiger partial charge in [0.2, 0.25) is 11.9 Å². The van der Waals surface area contributed by atoms with Crippen LogP contribution in [0.5, 0.6) is 0 Å². The average molecular weight is 209 g/mol. The van der Waals surface area contributed by atoms with Gasteiger partial charge in [-0.2, -0.15) is 15.0 Å². The fourth-order valence-electron chi connectivity index (χ4n) is 1.30. The SMILES string of the molecule is CCN(CC)c1nc(C)nc(N(C)C)n1. The van der Waals surface area contributed by atoms with Crippen molar-refractivity contribution in [2.24, 2.45) is 0 Å². The predicted octanol–water partition coefficient (Wildman–Crippen LogP) is 1.09. The summed E-state index contributed by atoms with van der Waals surface area (Å²) in [7, 11) is 3.86. The van der Waals surface area contributed by atoms with Gasteiger partial charge in [-0.15, -0.1) is 0 Å². The Bertz CT molecular complexity index is 320. The van der Waals surface area contributed by atoms with Crippen molar-refractivity contribution in [2.75, 3.05) is 37.0 Å². The lowest BCUT2D eigenvalue weighted by Gasteiger charge is -2.20. The molecule has 0 aromatic carbocycles. The molecular formula is C10H19N5. The van der Waals surface area contributed by atoms with Crippen LogP contribution in [0, 0.1) is 6.92 Å². The van der Waals surface area contributed by atoms with E-state index in [4.69, 9.17) is 0 Å². The topological polar surface area (TPSA) is 45.2 Å². The first kappa shape index (κ1) is 11.7. The van der Waals surface area contributed by atoms with E-state index in [0.717, 1.165) is 24.9 Å². The summed E-state index contributed by atoms with van der Waals surface area (Å²) in [5, 5.41) is 0. The first-order valence-electron chi connectivity index (χ1n) is 5.23. The Labute approximate surface area is 91.2 Å². The normalized spacial score (nSPS) is 10.2. The number of anilines is 2. The smallest absolute Gasteiger partial charge is 0.230 e. The van der Waals surface area contributed by atoms with Crippen molar-refractivity contribution in [1.29, 1.82) is 0 Å². The minimum Gasteiger partial charge on any atom is -0.347 e. The van der Waals surface area contributed by atoms with Gasteiger partial charge in [-0.25, -0.2) is 0 Å². The third-order valence-corrected chi connectivity index (χ3v) is 2.17. The molecule has 0 saturated heterocycles. The summed E-state index contributed by atoms with van der Waals surface area (Å²) in [5.41, 5.74) is 0. The van der Waals surface area contributed by atoms with E-state index >= 15 is 0 Å². The van der Waals surface area contributed by atoms with E-state index in [0.29, 0.717) is 5.95 Å². The van der Waals surface area contributed by atoms with Crippen LogP contribution in [-0.4, -0.2) is 42.1 Å². The maximum atomic E-state index is 4.40. The van der Waals surface area contributed by atoms with Crippen molar-refractivity contribution in [2.45, 2.75) is 20.8 Å². The van der Waals surface area contributed by atoms with E-state index in [1.807, 2.05) is 25.9 Å². The Morgan fingerprint density at radius 2 is 1.47 bits per heavy atom. The lowest BCUT2D eigenvalue weighted by Crippen LogP contribution is -2.26. The molecule has 0 aliphatic heterocycles. The Morgan fingerprint density at radius 3 is 1.93 bits per heavy atom. The summed E-state index contributed by atoms with van der Waals surface area (Å²) < 4.78 is 0. The van der Waals surface area contributed by atoms with E-state index in [9.17, 15) is 0 Å². The summed E-state index contributed by atoms with van der Waals surface area (Å²) in [6, 6.07) is 0. The second-order valence-electron chi connectivity index (χ2n) is 3.55. The molecule has 0 saturated carbocycles. The lowest BCUT2D eigenvalue weighted by molar-refractivity contribution is 0.794. The second-order valence-corrected chi connectivity index (χ2v) is 3.55. The number of hydrogen-bond acceptors (Lipinski definition) is 5. The number of aryl methyl sites for hydroxylation is 1. The zero-order valence-corrected chi connectivity index (χ0v) is 10.2. The van der Waals surface area contributed by atoms with Crippen molar-refractivity contribution in [3.8, 4) is 0 Å². The molecule has 15 heavy (non-hydrogen) atoms. The molecule has 0 aliphatic carbocycles. The maximum absolute atomic E-state index is 4.40. The third-order valence-electron chi connectivity index (χ3n) is 2.17. The molecule has 5 heteroatoms. The molecule has 0 fully saturated rings. The molecule has 0 N–H and O–H groups in total. The molecule has 0 atom stereocenters. The van der Waals surface area contributed by atoms with Crippen LogP contribution in [0.1, 0.15) is 19.7 Å². The third kappa shape index (κ3) is 2.78. The van der Waals surface area contributed by atoms with Crippen molar-refractivity contribution >= 4 is 11.9 Å². The molecule has 0 aliphatic rings. The van der Waals surface area contributed by atoms with Gasteiger partial charge in [0.05, 0.1) is 0 Å². The van der Waals surface area contributed by atoms with Crippen LogP contribution in [0.2, 0.25) is 0 Å². The van der Waals surface area contributed by atoms with Crippen LogP contribution >= 0.6 is 0 Å². The highest BCUT2D eigenvalue weighted by Crippen LogP contribution is 2.11. The first-order chi connectivity index (χ1) is 7.08. The van der Waals surface area contributed by atoms with Gasteiger partial charge in [0.1, 0.15) is 5.82 Å². The van der Waals surface area contributed by atoms with Crippen LogP contribution in [0.25, 0.3) is 0 Å². The van der Waals surface area contributed by atoms with Gasteiger partial charge in [0, 0.05) is 27.2 Å². The first-order valence-corrected chi connectivity index (χ1v) is 5.23.